The molecule has 14 heavy (non-hydrogen) atoms. The van der Waals surface area contributed by atoms with Gasteiger partial charge in [-0.1, -0.05) is 6.58 Å². The van der Waals surface area contributed by atoms with Gasteiger partial charge in [-0.05, 0) is 19.9 Å². The monoisotopic (exact) mass is 221 g/mol. The third kappa shape index (κ3) is 4.38. The van der Waals surface area contributed by atoms with E-state index in [2.05, 4.69) is 6.58 Å². The van der Waals surface area contributed by atoms with E-state index < -0.39 is 21.9 Å². The molecule has 0 spiro atoms. The SMILES string of the molecule is C=CC(=O)N(CC)C(C)CS(=O)(=O)O. The number of hydrogen-bond donors (Lipinski definition) is 1. The minimum atomic E-state index is -4.05. The van der Waals surface area contributed by atoms with Crippen molar-refractivity contribution < 1.29 is 17.8 Å². The molecule has 0 fully saturated rings. The summed E-state index contributed by atoms with van der Waals surface area (Å²) in [5.74, 6) is -0.802. The van der Waals surface area contributed by atoms with Crippen molar-refractivity contribution in [1.29, 1.82) is 0 Å². The molecule has 0 saturated heterocycles. The van der Waals surface area contributed by atoms with Gasteiger partial charge in [0.25, 0.3) is 10.1 Å². The fourth-order valence-electron chi connectivity index (χ4n) is 1.20. The fourth-order valence-corrected chi connectivity index (χ4v) is 1.99. The van der Waals surface area contributed by atoms with Gasteiger partial charge in [-0.25, -0.2) is 0 Å². The van der Waals surface area contributed by atoms with Gasteiger partial charge in [0.15, 0.2) is 0 Å². The van der Waals surface area contributed by atoms with Crippen LogP contribution < -0.4 is 0 Å². The first-order valence-electron chi connectivity index (χ1n) is 4.20. The summed E-state index contributed by atoms with van der Waals surface area (Å²) in [5.41, 5.74) is 0. The van der Waals surface area contributed by atoms with Crippen LogP contribution in [-0.2, 0) is 14.9 Å². The minimum absolute atomic E-state index is 0.344. The Morgan fingerprint density at radius 3 is 2.43 bits per heavy atom. The highest BCUT2D eigenvalue weighted by Gasteiger charge is 2.20. The molecular formula is C8H15NO4S. The Hall–Kier alpha value is -0.880. The first kappa shape index (κ1) is 13.1. The van der Waals surface area contributed by atoms with Crippen LogP contribution in [0.3, 0.4) is 0 Å². The standard InChI is InChI=1S/C8H15NO4S/c1-4-8(10)9(5-2)7(3)6-14(11,12)13/h4,7H,1,5-6H2,2-3H3,(H,11,12,13). The third-order valence-electron chi connectivity index (χ3n) is 1.78. The quantitative estimate of drug-likeness (QED) is 0.535. The molecule has 0 aromatic heterocycles. The summed E-state index contributed by atoms with van der Waals surface area (Å²) in [6, 6.07) is -0.555. The maximum absolute atomic E-state index is 11.2. The molecule has 1 atom stereocenters. The van der Waals surface area contributed by atoms with Gasteiger partial charge in [0, 0.05) is 12.6 Å². The molecule has 1 N–H and O–H groups in total. The van der Waals surface area contributed by atoms with Crippen LogP contribution >= 0.6 is 0 Å². The number of rotatable bonds is 5. The van der Waals surface area contributed by atoms with Crippen molar-refractivity contribution in [3.63, 3.8) is 0 Å². The van der Waals surface area contributed by atoms with Crippen molar-refractivity contribution in [2.24, 2.45) is 0 Å². The molecule has 0 bridgehead atoms. The smallest absolute Gasteiger partial charge is 0.266 e. The molecule has 6 heteroatoms. The van der Waals surface area contributed by atoms with E-state index >= 15 is 0 Å². The number of carbonyl (C=O) groups is 1. The maximum atomic E-state index is 11.2. The summed E-state index contributed by atoms with van der Waals surface area (Å²) < 4.78 is 29.7. The van der Waals surface area contributed by atoms with E-state index in [-0.39, 0.29) is 5.91 Å². The zero-order valence-electron chi connectivity index (χ0n) is 8.30. The van der Waals surface area contributed by atoms with Crippen molar-refractivity contribution >= 4 is 16.0 Å². The molecule has 0 rings (SSSR count). The average Bonchev–Trinajstić information content (AvgIpc) is 2.01. The van der Waals surface area contributed by atoms with Crippen LogP contribution in [-0.4, -0.2) is 42.1 Å². The average molecular weight is 221 g/mol. The summed E-state index contributed by atoms with van der Waals surface area (Å²) in [6.45, 7) is 6.96. The highest BCUT2D eigenvalue weighted by molar-refractivity contribution is 7.85. The van der Waals surface area contributed by atoms with Gasteiger partial charge in [-0.15, -0.1) is 0 Å². The van der Waals surface area contributed by atoms with E-state index in [0.717, 1.165) is 6.08 Å². The molecular weight excluding hydrogens is 206 g/mol. The predicted molar refractivity (Wildman–Crippen MR) is 53.5 cm³/mol. The van der Waals surface area contributed by atoms with E-state index in [1.54, 1.807) is 13.8 Å². The van der Waals surface area contributed by atoms with Crippen molar-refractivity contribution in [3.05, 3.63) is 12.7 Å². The van der Waals surface area contributed by atoms with Crippen LogP contribution in [0.25, 0.3) is 0 Å². The summed E-state index contributed by atoms with van der Waals surface area (Å²) >= 11 is 0. The summed E-state index contributed by atoms with van der Waals surface area (Å²) in [7, 11) is -4.05. The molecule has 0 aliphatic rings. The van der Waals surface area contributed by atoms with Crippen LogP contribution in [0.2, 0.25) is 0 Å². The second kappa shape index (κ2) is 5.11. The van der Waals surface area contributed by atoms with Crippen LogP contribution in [0.15, 0.2) is 12.7 Å². The molecule has 5 nitrogen and oxygen atoms in total. The van der Waals surface area contributed by atoms with Crippen LogP contribution in [0.4, 0.5) is 0 Å². The van der Waals surface area contributed by atoms with E-state index in [9.17, 15) is 13.2 Å². The van der Waals surface area contributed by atoms with Crippen molar-refractivity contribution in [3.8, 4) is 0 Å². The first-order chi connectivity index (χ1) is 6.31. The van der Waals surface area contributed by atoms with Crippen molar-refractivity contribution in [2.75, 3.05) is 12.3 Å². The lowest BCUT2D eigenvalue weighted by Crippen LogP contribution is -2.41. The Kier molecular flexibility index (Phi) is 4.79. The second-order valence-corrected chi connectivity index (χ2v) is 4.42. The van der Waals surface area contributed by atoms with E-state index in [1.807, 2.05) is 0 Å². The maximum Gasteiger partial charge on any atom is 0.266 e. The lowest BCUT2D eigenvalue weighted by atomic mass is 10.3. The van der Waals surface area contributed by atoms with Crippen molar-refractivity contribution in [2.45, 2.75) is 19.9 Å². The first-order valence-corrected chi connectivity index (χ1v) is 5.81. The van der Waals surface area contributed by atoms with Crippen LogP contribution in [0.5, 0.6) is 0 Å². The molecule has 0 aliphatic carbocycles. The van der Waals surface area contributed by atoms with Gasteiger partial charge in [0.2, 0.25) is 5.91 Å². The fraction of sp³-hybridized carbons (Fsp3) is 0.625. The molecule has 0 saturated carbocycles. The molecule has 82 valence electrons. The molecule has 0 radical (unpaired) electrons. The summed E-state index contributed by atoms with van der Waals surface area (Å²) in [4.78, 5) is 12.5. The Bertz CT molecular complexity index is 309. The second-order valence-electron chi connectivity index (χ2n) is 2.93. The molecule has 1 unspecified atom stereocenters. The van der Waals surface area contributed by atoms with E-state index in [4.69, 9.17) is 4.55 Å². The topological polar surface area (TPSA) is 74.7 Å². The van der Waals surface area contributed by atoms with Crippen LogP contribution in [0.1, 0.15) is 13.8 Å². The molecule has 0 aliphatic heterocycles. The highest BCUT2D eigenvalue weighted by atomic mass is 32.2. The van der Waals surface area contributed by atoms with Gasteiger partial charge >= 0.3 is 0 Å². The van der Waals surface area contributed by atoms with Crippen LogP contribution in [0, 0.1) is 0 Å². The normalized spacial score (nSPS) is 13.4. The number of amides is 1. The van der Waals surface area contributed by atoms with Gasteiger partial charge in [0.1, 0.15) is 0 Å². The summed E-state index contributed by atoms with van der Waals surface area (Å²) in [6.07, 6.45) is 1.12. The Labute approximate surface area is 84.2 Å². The minimum Gasteiger partial charge on any atom is -0.336 e. The Balaban J connectivity index is 4.55. The lowest BCUT2D eigenvalue weighted by molar-refractivity contribution is -0.127. The zero-order valence-corrected chi connectivity index (χ0v) is 9.12. The van der Waals surface area contributed by atoms with Gasteiger partial charge < -0.3 is 4.90 Å². The number of nitrogens with zero attached hydrogens (tertiary/aromatic N) is 1. The van der Waals surface area contributed by atoms with Gasteiger partial charge in [0.05, 0.1) is 5.75 Å². The summed E-state index contributed by atoms with van der Waals surface area (Å²) in [5, 5.41) is 0. The molecule has 1 amide bonds. The molecule has 0 heterocycles. The zero-order chi connectivity index (χ0) is 11.4. The number of carbonyl (C=O) groups excluding carboxylic acids is 1. The van der Waals surface area contributed by atoms with Gasteiger partial charge in [-0.3, -0.25) is 9.35 Å². The van der Waals surface area contributed by atoms with E-state index in [1.165, 1.54) is 4.90 Å². The number of likely N-dealkylation sites (N-methyl/N-ethyl adjacent to an activating group) is 1. The largest absolute Gasteiger partial charge is 0.336 e. The van der Waals surface area contributed by atoms with Crippen molar-refractivity contribution in [1.82, 2.24) is 4.90 Å². The molecule has 0 aromatic carbocycles. The molecule has 0 aromatic rings. The lowest BCUT2D eigenvalue weighted by Gasteiger charge is -2.25. The van der Waals surface area contributed by atoms with Gasteiger partial charge in [-0.2, -0.15) is 8.42 Å². The number of hydrogen-bond acceptors (Lipinski definition) is 3. The highest BCUT2D eigenvalue weighted by Crippen LogP contribution is 2.03. The Morgan fingerprint density at radius 2 is 2.14 bits per heavy atom. The third-order valence-corrected chi connectivity index (χ3v) is 2.69. The predicted octanol–water partition coefficient (Wildman–Crippen LogP) is 0.297. The Morgan fingerprint density at radius 1 is 1.64 bits per heavy atom. The van der Waals surface area contributed by atoms with E-state index in [0.29, 0.717) is 6.54 Å².